The first-order valence-corrected chi connectivity index (χ1v) is 9.84. The van der Waals surface area contributed by atoms with E-state index in [-0.39, 0.29) is 5.82 Å². The van der Waals surface area contributed by atoms with Crippen LogP contribution in [-0.4, -0.2) is 28.6 Å². The van der Waals surface area contributed by atoms with E-state index in [9.17, 15) is 4.39 Å². The van der Waals surface area contributed by atoms with Crippen molar-refractivity contribution in [2.24, 2.45) is 23.2 Å². The number of nitrogens with zero attached hydrogens (tertiary/aromatic N) is 3. The molecule has 1 heterocycles. The molecule has 0 unspecified atom stereocenters. The number of hydrogen-bond donors (Lipinski definition) is 0. The summed E-state index contributed by atoms with van der Waals surface area (Å²) < 4.78 is 18.5. The predicted molar refractivity (Wildman–Crippen MR) is 96.6 cm³/mol. The molecule has 0 aliphatic heterocycles. The van der Waals surface area contributed by atoms with Gasteiger partial charge < -0.3 is 4.52 Å². The van der Waals surface area contributed by atoms with Crippen LogP contribution in [0.2, 0.25) is 0 Å². The highest BCUT2D eigenvalue weighted by molar-refractivity contribution is 5.53. The van der Waals surface area contributed by atoms with Crippen LogP contribution in [0.3, 0.4) is 0 Å². The molecule has 0 spiro atoms. The fraction of sp³-hybridized carbons (Fsp3) is 0.619. The summed E-state index contributed by atoms with van der Waals surface area (Å²) in [7, 11) is 2.17. The van der Waals surface area contributed by atoms with Gasteiger partial charge in [0.05, 0.1) is 6.54 Å². The zero-order valence-corrected chi connectivity index (χ0v) is 15.3. The number of rotatable bonds is 5. The van der Waals surface area contributed by atoms with E-state index < -0.39 is 0 Å². The monoisotopic (exact) mass is 355 g/mol. The third kappa shape index (κ3) is 3.07. The summed E-state index contributed by atoms with van der Waals surface area (Å²) in [4.78, 5) is 6.86. The largest absolute Gasteiger partial charge is 0.338 e. The van der Waals surface area contributed by atoms with E-state index in [1.807, 2.05) is 0 Å². The zero-order chi connectivity index (χ0) is 17.7. The molecule has 2 aromatic rings. The lowest BCUT2D eigenvalue weighted by molar-refractivity contribution is -0.0677. The van der Waals surface area contributed by atoms with E-state index in [1.165, 1.54) is 50.7 Å². The number of benzene rings is 1. The fourth-order valence-corrected chi connectivity index (χ4v) is 6.38. The lowest BCUT2D eigenvalue weighted by atomic mass is 9.49. The van der Waals surface area contributed by atoms with E-state index in [4.69, 9.17) is 4.52 Å². The Balaban J connectivity index is 1.25. The standard InChI is InChI=1S/C21H26FN3O/c1-25(13-21-9-14-6-15(10-21)8-16(7-14)11-21)12-19-23-20(24-26-19)17-2-4-18(22)5-3-17/h2-5,14-16H,6-13H2,1H3. The van der Waals surface area contributed by atoms with Crippen molar-refractivity contribution in [3.8, 4) is 11.4 Å². The Morgan fingerprint density at radius 1 is 1.08 bits per heavy atom. The maximum Gasteiger partial charge on any atom is 0.241 e. The molecule has 6 rings (SSSR count). The average Bonchev–Trinajstić information content (AvgIpc) is 3.02. The molecule has 26 heavy (non-hydrogen) atoms. The molecule has 4 aliphatic rings. The van der Waals surface area contributed by atoms with Crippen molar-refractivity contribution in [1.29, 1.82) is 0 Å². The smallest absolute Gasteiger partial charge is 0.241 e. The Hall–Kier alpha value is -1.75. The molecule has 0 N–H and O–H groups in total. The highest BCUT2D eigenvalue weighted by atomic mass is 19.1. The van der Waals surface area contributed by atoms with Gasteiger partial charge >= 0.3 is 0 Å². The van der Waals surface area contributed by atoms with Gasteiger partial charge in [-0.05, 0) is 93.0 Å². The summed E-state index contributed by atoms with van der Waals surface area (Å²) in [5, 5.41) is 4.06. The van der Waals surface area contributed by atoms with E-state index in [1.54, 1.807) is 12.1 Å². The number of hydrogen-bond acceptors (Lipinski definition) is 4. The first kappa shape index (κ1) is 16.4. The van der Waals surface area contributed by atoms with Crippen LogP contribution in [0.1, 0.15) is 44.4 Å². The van der Waals surface area contributed by atoms with E-state index in [2.05, 4.69) is 22.1 Å². The number of halogens is 1. The molecule has 0 radical (unpaired) electrons. The summed E-state index contributed by atoms with van der Waals surface area (Å²) in [6.07, 6.45) is 8.67. The quantitative estimate of drug-likeness (QED) is 0.791. The van der Waals surface area contributed by atoms with Crippen molar-refractivity contribution < 1.29 is 8.91 Å². The van der Waals surface area contributed by atoms with Crippen molar-refractivity contribution >= 4 is 0 Å². The Kier molecular flexibility index (Phi) is 3.89. The molecular formula is C21H26FN3O. The molecule has 4 aliphatic carbocycles. The Morgan fingerprint density at radius 3 is 2.31 bits per heavy atom. The molecule has 4 bridgehead atoms. The van der Waals surface area contributed by atoms with Crippen molar-refractivity contribution in [3.05, 3.63) is 36.0 Å². The van der Waals surface area contributed by atoms with Gasteiger partial charge in [0.1, 0.15) is 5.82 Å². The molecule has 0 amide bonds. The van der Waals surface area contributed by atoms with Gasteiger partial charge in [0.15, 0.2) is 0 Å². The average molecular weight is 355 g/mol. The Labute approximate surface area is 153 Å². The van der Waals surface area contributed by atoms with Gasteiger partial charge in [0.25, 0.3) is 0 Å². The lowest BCUT2D eigenvalue weighted by Gasteiger charge is -2.57. The molecule has 4 nitrogen and oxygen atoms in total. The van der Waals surface area contributed by atoms with Crippen molar-refractivity contribution in [3.63, 3.8) is 0 Å². The van der Waals surface area contributed by atoms with Crippen LogP contribution in [-0.2, 0) is 6.54 Å². The summed E-state index contributed by atoms with van der Waals surface area (Å²) in [6.45, 7) is 1.81. The minimum Gasteiger partial charge on any atom is -0.338 e. The van der Waals surface area contributed by atoms with E-state index in [0.717, 1.165) is 29.9 Å². The third-order valence-electron chi connectivity index (χ3n) is 6.75. The van der Waals surface area contributed by atoms with Gasteiger partial charge in [-0.1, -0.05) is 5.16 Å². The second-order valence-corrected chi connectivity index (χ2v) is 9.11. The lowest BCUT2D eigenvalue weighted by Crippen LogP contribution is -2.50. The topological polar surface area (TPSA) is 42.2 Å². The molecule has 0 saturated heterocycles. The van der Waals surface area contributed by atoms with Crippen LogP contribution < -0.4 is 0 Å². The van der Waals surface area contributed by atoms with Crippen LogP contribution in [0.15, 0.2) is 28.8 Å². The van der Waals surface area contributed by atoms with Gasteiger partial charge in [0.2, 0.25) is 11.7 Å². The van der Waals surface area contributed by atoms with Crippen LogP contribution in [0, 0.1) is 29.0 Å². The second-order valence-electron chi connectivity index (χ2n) is 9.11. The van der Waals surface area contributed by atoms with Crippen LogP contribution in [0.5, 0.6) is 0 Å². The van der Waals surface area contributed by atoms with Crippen LogP contribution >= 0.6 is 0 Å². The molecule has 5 heteroatoms. The minimum atomic E-state index is -0.257. The third-order valence-corrected chi connectivity index (χ3v) is 6.75. The second kappa shape index (κ2) is 6.15. The Bertz CT molecular complexity index is 750. The highest BCUT2D eigenvalue weighted by Crippen LogP contribution is 2.60. The molecule has 1 aromatic heterocycles. The molecular weight excluding hydrogens is 329 g/mol. The van der Waals surface area contributed by atoms with Crippen molar-refractivity contribution in [2.45, 2.75) is 45.1 Å². The summed E-state index contributed by atoms with van der Waals surface area (Å²) >= 11 is 0. The van der Waals surface area contributed by atoms with E-state index in [0.29, 0.717) is 23.7 Å². The molecule has 0 atom stereocenters. The van der Waals surface area contributed by atoms with Gasteiger partial charge in [-0.3, -0.25) is 4.90 Å². The SMILES string of the molecule is CN(Cc1nc(-c2ccc(F)cc2)no1)CC12CC3CC(CC(C3)C1)C2. The molecule has 1 aromatic carbocycles. The Morgan fingerprint density at radius 2 is 1.69 bits per heavy atom. The minimum absolute atomic E-state index is 0.257. The van der Waals surface area contributed by atoms with Crippen LogP contribution in [0.4, 0.5) is 4.39 Å². The van der Waals surface area contributed by atoms with Gasteiger partial charge in [-0.2, -0.15) is 4.98 Å². The normalized spacial score (nSPS) is 32.5. The van der Waals surface area contributed by atoms with E-state index >= 15 is 0 Å². The fourth-order valence-electron chi connectivity index (χ4n) is 6.38. The first-order valence-electron chi connectivity index (χ1n) is 9.84. The molecule has 138 valence electrons. The zero-order valence-electron chi connectivity index (χ0n) is 15.3. The van der Waals surface area contributed by atoms with Crippen LogP contribution in [0.25, 0.3) is 11.4 Å². The summed E-state index contributed by atoms with van der Waals surface area (Å²) in [5.41, 5.74) is 1.30. The maximum absolute atomic E-state index is 13.1. The maximum atomic E-state index is 13.1. The first-order chi connectivity index (χ1) is 12.6. The van der Waals surface area contributed by atoms with Crippen molar-refractivity contribution in [2.75, 3.05) is 13.6 Å². The summed E-state index contributed by atoms with van der Waals surface area (Å²) in [5.74, 6) is 3.84. The van der Waals surface area contributed by atoms with Gasteiger partial charge in [-0.15, -0.1) is 0 Å². The van der Waals surface area contributed by atoms with Crippen molar-refractivity contribution in [1.82, 2.24) is 15.0 Å². The van der Waals surface area contributed by atoms with Gasteiger partial charge in [0, 0.05) is 12.1 Å². The number of aromatic nitrogens is 2. The summed E-state index contributed by atoms with van der Waals surface area (Å²) in [6, 6.07) is 6.21. The predicted octanol–water partition coefficient (Wildman–Crippen LogP) is 4.52. The highest BCUT2D eigenvalue weighted by Gasteiger charge is 2.51. The van der Waals surface area contributed by atoms with Gasteiger partial charge in [-0.25, -0.2) is 4.39 Å². The molecule has 4 fully saturated rings. The molecule has 4 saturated carbocycles.